The molecule has 3 heterocycles. The van der Waals surface area contributed by atoms with Gasteiger partial charge in [0.25, 0.3) is 0 Å². The van der Waals surface area contributed by atoms with Crippen molar-refractivity contribution in [2.45, 2.75) is 32.2 Å². The fraction of sp³-hybridized carbons (Fsp3) is 0.538. The van der Waals surface area contributed by atoms with E-state index in [9.17, 15) is 0 Å². The molecule has 0 atom stereocenters. The first-order valence-electron chi connectivity index (χ1n) is 6.30. The lowest BCUT2D eigenvalue weighted by Gasteiger charge is -2.35. The summed E-state index contributed by atoms with van der Waals surface area (Å²) < 4.78 is 7.52. The summed E-state index contributed by atoms with van der Waals surface area (Å²) in [5.41, 5.74) is 8.78. The molecule has 2 aromatic heterocycles. The average molecular weight is 246 g/mol. The van der Waals surface area contributed by atoms with Crippen molar-refractivity contribution in [3.05, 3.63) is 17.8 Å². The number of imidazole rings is 1. The summed E-state index contributed by atoms with van der Waals surface area (Å²) in [5.74, 6) is 0.549. The Bertz CT molecular complexity index is 584. The zero-order valence-electron chi connectivity index (χ0n) is 10.8. The van der Waals surface area contributed by atoms with Crippen LogP contribution in [-0.2, 0) is 10.3 Å². The number of nitrogens with two attached hydrogens (primary N) is 1. The lowest BCUT2D eigenvalue weighted by molar-refractivity contribution is 0.0318. The normalized spacial score (nSPS) is 19.2. The summed E-state index contributed by atoms with van der Waals surface area (Å²) >= 11 is 0. The molecule has 5 nitrogen and oxygen atoms in total. The van der Waals surface area contributed by atoms with Crippen LogP contribution in [0, 0.1) is 6.92 Å². The van der Waals surface area contributed by atoms with E-state index in [1.807, 2.05) is 19.1 Å². The van der Waals surface area contributed by atoms with Crippen molar-refractivity contribution < 1.29 is 4.74 Å². The van der Waals surface area contributed by atoms with E-state index in [0.29, 0.717) is 5.95 Å². The monoisotopic (exact) mass is 246 g/mol. The maximum Gasteiger partial charge on any atom is 0.202 e. The molecule has 1 saturated heterocycles. The van der Waals surface area contributed by atoms with Crippen LogP contribution in [0.1, 0.15) is 25.5 Å². The highest BCUT2D eigenvalue weighted by Crippen LogP contribution is 2.33. The third-order valence-electron chi connectivity index (χ3n) is 3.78. The number of rotatable bonds is 1. The maximum absolute atomic E-state index is 6.09. The fourth-order valence-corrected chi connectivity index (χ4v) is 2.64. The second-order valence-corrected chi connectivity index (χ2v) is 5.21. The quantitative estimate of drug-likeness (QED) is 0.834. The molecule has 96 valence electrons. The largest absolute Gasteiger partial charge is 0.381 e. The van der Waals surface area contributed by atoms with Crippen molar-refractivity contribution in [2.75, 3.05) is 18.9 Å². The van der Waals surface area contributed by atoms with Gasteiger partial charge in [0.1, 0.15) is 5.52 Å². The molecule has 0 aromatic carbocycles. The van der Waals surface area contributed by atoms with Gasteiger partial charge in [0.05, 0.1) is 5.54 Å². The van der Waals surface area contributed by atoms with Gasteiger partial charge in [-0.2, -0.15) is 0 Å². The molecule has 1 aliphatic heterocycles. The van der Waals surface area contributed by atoms with Crippen molar-refractivity contribution in [2.24, 2.45) is 0 Å². The van der Waals surface area contributed by atoms with Gasteiger partial charge in [0.2, 0.25) is 5.95 Å². The molecule has 18 heavy (non-hydrogen) atoms. The second kappa shape index (κ2) is 3.95. The van der Waals surface area contributed by atoms with Gasteiger partial charge in [-0.3, -0.25) is 4.57 Å². The summed E-state index contributed by atoms with van der Waals surface area (Å²) in [6.07, 6.45) is 1.89. The van der Waals surface area contributed by atoms with Crippen LogP contribution in [0.15, 0.2) is 12.1 Å². The van der Waals surface area contributed by atoms with E-state index >= 15 is 0 Å². The SMILES string of the molecule is Cc1ccc2nc(N)n(C3(C)CCOCC3)c2n1. The highest BCUT2D eigenvalue weighted by Gasteiger charge is 2.32. The lowest BCUT2D eigenvalue weighted by Crippen LogP contribution is -2.37. The molecular weight excluding hydrogens is 228 g/mol. The Hall–Kier alpha value is -1.62. The number of nitrogens with zero attached hydrogens (tertiary/aromatic N) is 3. The first kappa shape index (κ1) is 11.5. The van der Waals surface area contributed by atoms with Crippen molar-refractivity contribution in [1.82, 2.24) is 14.5 Å². The number of anilines is 1. The molecule has 0 amide bonds. The number of aryl methyl sites for hydroxylation is 1. The molecule has 2 aromatic rings. The number of nitrogen functional groups attached to an aromatic ring is 1. The molecular formula is C13H18N4O. The Morgan fingerprint density at radius 1 is 1.28 bits per heavy atom. The van der Waals surface area contributed by atoms with Crippen LogP contribution in [0.2, 0.25) is 0 Å². The van der Waals surface area contributed by atoms with E-state index in [-0.39, 0.29) is 5.54 Å². The highest BCUT2D eigenvalue weighted by molar-refractivity contribution is 5.74. The molecule has 0 saturated carbocycles. The maximum atomic E-state index is 6.09. The first-order valence-corrected chi connectivity index (χ1v) is 6.30. The van der Waals surface area contributed by atoms with E-state index in [2.05, 4.69) is 21.5 Å². The predicted molar refractivity (Wildman–Crippen MR) is 70.4 cm³/mol. The Morgan fingerprint density at radius 2 is 2.00 bits per heavy atom. The predicted octanol–water partition coefficient (Wildman–Crippen LogP) is 1.85. The van der Waals surface area contributed by atoms with E-state index in [4.69, 9.17) is 10.5 Å². The molecule has 0 aliphatic carbocycles. The van der Waals surface area contributed by atoms with Crippen LogP contribution in [0.3, 0.4) is 0 Å². The average Bonchev–Trinajstić information content (AvgIpc) is 2.66. The van der Waals surface area contributed by atoms with Crippen molar-refractivity contribution in [1.29, 1.82) is 0 Å². The number of ether oxygens (including phenoxy) is 1. The van der Waals surface area contributed by atoms with E-state index in [1.54, 1.807) is 0 Å². The summed E-state index contributed by atoms with van der Waals surface area (Å²) in [7, 11) is 0. The van der Waals surface area contributed by atoms with Gasteiger partial charge >= 0.3 is 0 Å². The Balaban J connectivity index is 2.20. The molecule has 1 aliphatic rings. The Kier molecular flexibility index (Phi) is 2.52. The Morgan fingerprint density at radius 3 is 2.72 bits per heavy atom. The highest BCUT2D eigenvalue weighted by atomic mass is 16.5. The minimum Gasteiger partial charge on any atom is -0.381 e. The van der Waals surface area contributed by atoms with Gasteiger partial charge in [0, 0.05) is 18.9 Å². The fourth-order valence-electron chi connectivity index (χ4n) is 2.64. The summed E-state index contributed by atoms with van der Waals surface area (Å²) in [4.78, 5) is 9.01. The number of pyridine rings is 1. The van der Waals surface area contributed by atoms with Gasteiger partial charge in [-0.1, -0.05) is 0 Å². The van der Waals surface area contributed by atoms with Gasteiger partial charge in [-0.25, -0.2) is 9.97 Å². The third-order valence-corrected chi connectivity index (χ3v) is 3.78. The van der Waals surface area contributed by atoms with E-state index in [0.717, 1.165) is 42.9 Å². The molecule has 0 unspecified atom stereocenters. The summed E-state index contributed by atoms with van der Waals surface area (Å²) in [6, 6.07) is 3.94. The van der Waals surface area contributed by atoms with Gasteiger partial charge in [0.15, 0.2) is 5.65 Å². The van der Waals surface area contributed by atoms with Crippen LogP contribution in [0.5, 0.6) is 0 Å². The van der Waals surface area contributed by atoms with Crippen LogP contribution < -0.4 is 5.73 Å². The first-order chi connectivity index (χ1) is 8.60. The third kappa shape index (κ3) is 1.66. The van der Waals surface area contributed by atoms with E-state index in [1.165, 1.54) is 0 Å². The summed E-state index contributed by atoms with van der Waals surface area (Å²) in [5, 5.41) is 0. The topological polar surface area (TPSA) is 66.0 Å². The van der Waals surface area contributed by atoms with Crippen molar-refractivity contribution >= 4 is 17.1 Å². The number of aromatic nitrogens is 3. The zero-order chi connectivity index (χ0) is 12.8. The minimum atomic E-state index is -0.0438. The number of hydrogen-bond donors (Lipinski definition) is 1. The van der Waals surface area contributed by atoms with Gasteiger partial charge < -0.3 is 10.5 Å². The van der Waals surface area contributed by atoms with Crippen LogP contribution in [-0.4, -0.2) is 27.7 Å². The zero-order valence-corrected chi connectivity index (χ0v) is 10.8. The van der Waals surface area contributed by atoms with Crippen molar-refractivity contribution in [3.63, 3.8) is 0 Å². The van der Waals surface area contributed by atoms with Crippen LogP contribution in [0.4, 0.5) is 5.95 Å². The van der Waals surface area contributed by atoms with Crippen LogP contribution in [0.25, 0.3) is 11.2 Å². The summed E-state index contributed by atoms with van der Waals surface area (Å²) in [6.45, 7) is 5.72. The molecule has 5 heteroatoms. The van der Waals surface area contributed by atoms with E-state index < -0.39 is 0 Å². The minimum absolute atomic E-state index is 0.0438. The second-order valence-electron chi connectivity index (χ2n) is 5.21. The van der Waals surface area contributed by atoms with Crippen LogP contribution >= 0.6 is 0 Å². The molecule has 2 N–H and O–H groups in total. The molecule has 1 fully saturated rings. The van der Waals surface area contributed by atoms with Gasteiger partial charge in [-0.15, -0.1) is 0 Å². The molecule has 0 bridgehead atoms. The molecule has 0 spiro atoms. The standard InChI is InChI=1S/C13H18N4O/c1-9-3-4-10-11(15-9)17(12(14)16-10)13(2)5-7-18-8-6-13/h3-4H,5-8H2,1-2H3,(H2,14,16). The van der Waals surface area contributed by atoms with Crippen molar-refractivity contribution in [3.8, 4) is 0 Å². The number of hydrogen-bond acceptors (Lipinski definition) is 4. The molecule has 3 rings (SSSR count). The van der Waals surface area contributed by atoms with Gasteiger partial charge in [-0.05, 0) is 38.8 Å². The number of fused-ring (bicyclic) bond motifs is 1. The Labute approximate surface area is 106 Å². The molecule has 0 radical (unpaired) electrons. The smallest absolute Gasteiger partial charge is 0.202 e. The lowest BCUT2D eigenvalue weighted by atomic mass is 9.92.